The number of fused-ring (bicyclic) bond motifs is 4. The summed E-state index contributed by atoms with van der Waals surface area (Å²) in [6.45, 7) is 4.30. The Bertz CT molecular complexity index is 1320. The van der Waals surface area contributed by atoms with Crippen molar-refractivity contribution in [3.8, 4) is 0 Å². The van der Waals surface area contributed by atoms with E-state index in [0.717, 1.165) is 27.8 Å². The normalized spacial score (nSPS) is 16.5. The van der Waals surface area contributed by atoms with Crippen LogP contribution in [0.4, 0.5) is 5.69 Å². The molecule has 7 heteroatoms. The van der Waals surface area contributed by atoms with Crippen molar-refractivity contribution in [2.75, 3.05) is 17.7 Å². The SMILES string of the molecule is CN1/C(=C\C(=O)CSc2nnc3c(n2)[nH]c2ccccc23)C(C)(C)c2ccccc21. The molecule has 2 aromatic carbocycles. The van der Waals surface area contributed by atoms with Gasteiger partial charge in [0.05, 0.1) is 5.75 Å². The average molecular weight is 416 g/mol. The minimum atomic E-state index is -0.215. The second kappa shape index (κ2) is 6.95. The summed E-state index contributed by atoms with van der Waals surface area (Å²) in [5.41, 5.74) is 5.57. The van der Waals surface area contributed by atoms with Crippen molar-refractivity contribution in [1.82, 2.24) is 20.2 Å². The van der Waals surface area contributed by atoms with Crippen LogP contribution in [0, 0.1) is 0 Å². The maximum absolute atomic E-state index is 12.8. The lowest BCUT2D eigenvalue weighted by molar-refractivity contribution is -0.112. The lowest BCUT2D eigenvalue weighted by atomic mass is 9.83. The van der Waals surface area contributed by atoms with Crippen LogP contribution in [-0.4, -0.2) is 38.7 Å². The van der Waals surface area contributed by atoms with Crippen LogP contribution in [0.2, 0.25) is 0 Å². The Morgan fingerprint density at radius 2 is 1.90 bits per heavy atom. The summed E-state index contributed by atoms with van der Waals surface area (Å²) in [7, 11) is 2.01. The zero-order valence-electron chi connectivity index (χ0n) is 17.0. The van der Waals surface area contributed by atoms with E-state index < -0.39 is 0 Å². The van der Waals surface area contributed by atoms with E-state index in [4.69, 9.17) is 0 Å². The molecule has 150 valence electrons. The van der Waals surface area contributed by atoms with Gasteiger partial charge in [-0.1, -0.05) is 62.0 Å². The van der Waals surface area contributed by atoms with Crippen molar-refractivity contribution in [3.05, 3.63) is 65.9 Å². The van der Waals surface area contributed by atoms with Gasteiger partial charge in [-0.2, -0.15) is 0 Å². The molecule has 0 radical (unpaired) electrons. The number of para-hydroxylation sites is 2. The molecule has 0 amide bonds. The third kappa shape index (κ3) is 2.97. The van der Waals surface area contributed by atoms with E-state index in [1.807, 2.05) is 43.4 Å². The average Bonchev–Trinajstić information content (AvgIpc) is 3.21. The molecular weight excluding hydrogens is 394 g/mol. The highest BCUT2D eigenvalue weighted by Crippen LogP contribution is 2.46. The predicted molar refractivity (Wildman–Crippen MR) is 121 cm³/mol. The summed E-state index contributed by atoms with van der Waals surface area (Å²) in [5.74, 6) is 0.292. The lowest BCUT2D eigenvalue weighted by Gasteiger charge is -2.23. The molecule has 0 unspecified atom stereocenters. The molecule has 0 fully saturated rings. The predicted octanol–water partition coefficient (Wildman–Crippen LogP) is 4.48. The number of nitrogens with zero attached hydrogens (tertiary/aromatic N) is 4. The van der Waals surface area contributed by atoms with Crippen LogP contribution in [0.25, 0.3) is 22.1 Å². The molecule has 6 nitrogen and oxygen atoms in total. The first-order valence-electron chi connectivity index (χ1n) is 9.77. The summed E-state index contributed by atoms with van der Waals surface area (Å²) >= 11 is 1.30. The fourth-order valence-corrected chi connectivity index (χ4v) is 4.76. The number of carbonyl (C=O) groups is 1. The van der Waals surface area contributed by atoms with Gasteiger partial charge in [-0.3, -0.25) is 4.79 Å². The number of aromatic amines is 1. The van der Waals surface area contributed by atoms with Crippen molar-refractivity contribution in [1.29, 1.82) is 0 Å². The van der Waals surface area contributed by atoms with E-state index in [-0.39, 0.29) is 17.0 Å². The third-order valence-electron chi connectivity index (χ3n) is 5.68. The number of nitrogens with one attached hydrogen (secondary N) is 1. The molecule has 5 rings (SSSR count). The van der Waals surface area contributed by atoms with Crippen LogP contribution < -0.4 is 4.90 Å². The van der Waals surface area contributed by atoms with Crippen LogP contribution in [0.3, 0.4) is 0 Å². The Morgan fingerprint density at radius 3 is 2.73 bits per heavy atom. The molecular formula is C23H21N5OS. The van der Waals surface area contributed by atoms with Gasteiger partial charge in [0.25, 0.3) is 0 Å². The number of aromatic nitrogens is 4. The van der Waals surface area contributed by atoms with E-state index in [1.54, 1.807) is 6.08 Å². The highest BCUT2D eigenvalue weighted by Gasteiger charge is 2.38. The van der Waals surface area contributed by atoms with Gasteiger partial charge >= 0.3 is 0 Å². The number of hydrogen-bond acceptors (Lipinski definition) is 6. The number of hydrogen-bond donors (Lipinski definition) is 1. The van der Waals surface area contributed by atoms with E-state index in [9.17, 15) is 4.79 Å². The summed E-state index contributed by atoms with van der Waals surface area (Å²) in [5, 5.41) is 10.0. The van der Waals surface area contributed by atoms with Gasteiger partial charge in [-0.15, -0.1) is 10.2 Å². The van der Waals surface area contributed by atoms with Gasteiger partial charge in [0.15, 0.2) is 11.4 Å². The first kappa shape index (κ1) is 18.8. The summed E-state index contributed by atoms with van der Waals surface area (Å²) < 4.78 is 0. The highest BCUT2D eigenvalue weighted by molar-refractivity contribution is 7.99. The smallest absolute Gasteiger partial charge is 0.211 e. The first-order valence-corrected chi connectivity index (χ1v) is 10.8. The molecule has 0 atom stereocenters. The topological polar surface area (TPSA) is 74.8 Å². The van der Waals surface area contributed by atoms with Crippen LogP contribution in [0.15, 0.2) is 65.5 Å². The van der Waals surface area contributed by atoms with Crippen LogP contribution in [0.1, 0.15) is 19.4 Å². The minimum absolute atomic E-state index is 0.0306. The summed E-state index contributed by atoms with van der Waals surface area (Å²) in [6, 6.07) is 16.2. The number of thioether (sulfide) groups is 1. The fourth-order valence-electron chi connectivity index (χ4n) is 4.16. The monoisotopic (exact) mass is 415 g/mol. The molecule has 1 aliphatic rings. The zero-order chi connectivity index (χ0) is 20.9. The number of likely N-dealkylation sites (N-methyl/N-ethyl adjacent to an activating group) is 1. The maximum Gasteiger partial charge on any atom is 0.211 e. The van der Waals surface area contributed by atoms with Crippen molar-refractivity contribution < 1.29 is 4.79 Å². The van der Waals surface area contributed by atoms with Gasteiger partial charge in [0, 0.05) is 40.8 Å². The maximum atomic E-state index is 12.8. The lowest BCUT2D eigenvalue weighted by Crippen LogP contribution is -2.24. The number of carbonyl (C=O) groups excluding carboxylic acids is 1. The minimum Gasteiger partial charge on any atom is -0.347 e. The third-order valence-corrected chi connectivity index (χ3v) is 6.54. The molecule has 2 aromatic heterocycles. The van der Waals surface area contributed by atoms with Gasteiger partial charge in [0.2, 0.25) is 5.16 Å². The number of H-pyrrole nitrogens is 1. The molecule has 0 saturated heterocycles. The summed E-state index contributed by atoms with van der Waals surface area (Å²) in [6.07, 6.45) is 1.75. The number of anilines is 1. The summed E-state index contributed by atoms with van der Waals surface area (Å²) in [4.78, 5) is 22.7. The number of rotatable bonds is 4. The highest BCUT2D eigenvalue weighted by atomic mass is 32.2. The second-order valence-electron chi connectivity index (χ2n) is 7.95. The van der Waals surface area contributed by atoms with E-state index in [0.29, 0.717) is 10.8 Å². The largest absolute Gasteiger partial charge is 0.347 e. The molecule has 1 aliphatic heterocycles. The Kier molecular flexibility index (Phi) is 4.36. The second-order valence-corrected chi connectivity index (χ2v) is 8.89. The van der Waals surface area contributed by atoms with Crippen LogP contribution in [-0.2, 0) is 10.2 Å². The van der Waals surface area contributed by atoms with Crippen molar-refractivity contribution in [2.45, 2.75) is 24.4 Å². The number of ketones is 1. The van der Waals surface area contributed by atoms with E-state index in [2.05, 4.69) is 51.0 Å². The molecule has 0 bridgehead atoms. The van der Waals surface area contributed by atoms with Gasteiger partial charge in [-0.25, -0.2) is 4.98 Å². The quantitative estimate of drug-likeness (QED) is 0.391. The van der Waals surface area contributed by atoms with E-state index >= 15 is 0 Å². The van der Waals surface area contributed by atoms with Gasteiger partial charge in [0.1, 0.15) is 5.52 Å². The number of benzene rings is 2. The molecule has 3 heterocycles. The fraction of sp³-hybridized carbons (Fsp3) is 0.217. The molecule has 30 heavy (non-hydrogen) atoms. The molecule has 4 aromatic rings. The van der Waals surface area contributed by atoms with Gasteiger partial charge < -0.3 is 9.88 Å². The Hall–Kier alpha value is -3.19. The number of allylic oxidation sites excluding steroid dienone is 2. The Labute approximate surface area is 178 Å². The van der Waals surface area contributed by atoms with Crippen molar-refractivity contribution in [2.24, 2.45) is 0 Å². The Balaban J connectivity index is 1.36. The van der Waals surface area contributed by atoms with Crippen molar-refractivity contribution >= 4 is 45.3 Å². The van der Waals surface area contributed by atoms with Crippen molar-refractivity contribution in [3.63, 3.8) is 0 Å². The Morgan fingerprint density at radius 1 is 1.13 bits per heavy atom. The standard InChI is InChI=1S/C23H21N5OS/c1-23(2)16-9-5-7-11-18(16)28(3)19(23)12-14(29)13-30-22-25-21-20(26-27-22)15-8-4-6-10-17(15)24-21/h4-12H,13H2,1-3H3,(H,24,25,27)/b19-12-. The molecule has 1 N–H and O–H groups in total. The molecule has 0 aliphatic carbocycles. The molecule has 0 spiro atoms. The van der Waals surface area contributed by atoms with E-state index in [1.165, 1.54) is 17.3 Å². The molecule has 0 saturated carbocycles. The zero-order valence-corrected chi connectivity index (χ0v) is 17.8. The van der Waals surface area contributed by atoms with Crippen LogP contribution >= 0.6 is 11.8 Å². The van der Waals surface area contributed by atoms with Crippen LogP contribution in [0.5, 0.6) is 0 Å². The van der Waals surface area contributed by atoms with Gasteiger partial charge in [-0.05, 0) is 17.7 Å². The first-order chi connectivity index (χ1) is 14.4.